The van der Waals surface area contributed by atoms with Crippen molar-refractivity contribution in [3.05, 3.63) is 0 Å². The van der Waals surface area contributed by atoms with Gasteiger partial charge in [-0.25, -0.2) is 4.79 Å². The molecule has 1 aliphatic rings. The Morgan fingerprint density at radius 2 is 2.36 bits per heavy atom. The number of β-amino-alcohol motifs (C(OH)–C–C–N with tert-alkyl or cyclic N) is 1. The first-order valence-corrected chi connectivity index (χ1v) is 4.23. The molecule has 0 aromatic heterocycles. The third kappa shape index (κ3) is 3.69. The Bertz CT molecular complexity index is 233. The molecule has 0 aromatic carbocycles. The number of nitrogens with zero attached hydrogens (tertiary/aromatic N) is 1. The molecular weight excluding hydrogens is 190 g/mol. The maximum atomic E-state index is 10.9. The number of carbonyl (C=O) groups excluding carboxylic acids is 2. The van der Waals surface area contributed by atoms with Gasteiger partial charge in [-0.05, 0) is 0 Å². The van der Waals surface area contributed by atoms with Crippen LogP contribution in [0.4, 0.5) is 4.79 Å². The second-order valence-electron chi connectivity index (χ2n) is 3.00. The maximum Gasteiger partial charge on any atom is 0.318 e. The quantitative estimate of drug-likeness (QED) is 0.501. The number of rotatable bonds is 3. The van der Waals surface area contributed by atoms with Crippen molar-refractivity contribution in [2.45, 2.75) is 12.5 Å². The van der Waals surface area contributed by atoms with Gasteiger partial charge in [0.05, 0.1) is 19.3 Å². The molecule has 0 saturated carbocycles. The van der Waals surface area contributed by atoms with E-state index in [-0.39, 0.29) is 13.0 Å². The number of aliphatic hydroxyl groups is 1. The molecule has 0 radical (unpaired) electrons. The molecule has 0 aliphatic carbocycles. The number of nitrogens with one attached hydrogen (secondary N) is 1. The van der Waals surface area contributed by atoms with E-state index in [4.69, 9.17) is 15.7 Å². The largest absolute Gasteiger partial charge is 0.389 e. The fourth-order valence-electron chi connectivity index (χ4n) is 1.11. The Hall–Kier alpha value is -1.18. The van der Waals surface area contributed by atoms with Gasteiger partial charge in [-0.1, -0.05) is 0 Å². The third-order valence-corrected chi connectivity index (χ3v) is 1.71. The van der Waals surface area contributed by atoms with Crippen molar-refractivity contribution in [1.29, 1.82) is 0 Å². The van der Waals surface area contributed by atoms with E-state index in [1.807, 2.05) is 5.32 Å². The summed E-state index contributed by atoms with van der Waals surface area (Å²) in [7, 11) is 0. The van der Waals surface area contributed by atoms with Crippen molar-refractivity contribution >= 4 is 11.9 Å². The van der Waals surface area contributed by atoms with Crippen LogP contribution in [0.5, 0.6) is 0 Å². The van der Waals surface area contributed by atoms with Crippen LogP contribution in [0.25, 0.3) is 0 Å². The van der Waals surface area contributed by atoms with Gasteiger partial charge in [0.25, 0.3) is 0 Å². The number of hydrogen-bond acceptors (Lipinski definition) is 5. The Labute approximate surface area is 80.8 Å². The summed E-state index contributed by atoms with van der Waals surface area (Å²) in [6.07, 6.45) is -0.399. The van der Waals surface area contributed by atoms with Gasteiger partial charge >= 0.3 is 6.03 Å². The lowest BCUT2D eigenvalue weighted by Gasteiger charge is -2.12. The van der Waals surface area contributed by atoms with Gasteiger partial charge in [-0.3, -0.25) is 14.9 Å². The summed E-state index contributed by atoms with van der Waals surface area (Å²) in [6, 6.07) is -0.864. The zero-order valence-corrected chi connectivity index (χ0v) is 7.60. The van der Waals surface area contributed by atoms with Crippen LogP contribution in [0, 0.1) is 0 Å². The van der Waals surface area contributed by atoms with Crippen LogP contribution in [-0.4, -0.2) is 47.9 Å². The van der Waals surface area contributed by atoms with E-state index >= 15 is 0 Å². The Kier molecular flexibility index (Phi) is 3.81. The number of nitrogens with two attached hydrogens (primary N) is 1. The molecule has 0 bridgehead atoms. The summed E-state index contributed by atoms with van der Waals surface area (Å²) >= 11 is 0. The number of hydroxylamine groups is 2. The SMILES string of the molecule is NC(=O)NC(=O)CCN1C[C@@H](O)CO1. The number of hydrogen-bond donors (Lipinski definition) is 3. The second-order valence-corrected chi connectivity index (χ2v) is 3.00. The van der Waals surface area contributed by atoms with Crippen LogP contribution in [0.3, 0.4) is 0 Å². The monoisotopic (exact) mass is 203 g/mol. The summed E-state index contributed by atoms with van der Waals surface area (Å²) in [5.41, 5.74) is 4.74. The van der Waals surface area contributed by atoms with E-state index in [1.165, 1.54) is 5.06 Å². The van der Waals surface area contributed by atoms with Crippen molar-refractivity contribution in [3.63, 3.8) is 0 Å². The molecule has 1 aliphatic heterocycles. The van der Waals surface area contributed by atoms with Crippen molar-refractivity contribution in [1.82, 2.24) is 10.4 Å². The number of aliphatic hydroxyl groups excluding tert-OH is 1. The first-order valence-electron chi connectivity index (χ1n) is 4.23. The van der Waals surface area contributed by atoms with Gasteiger partial charge in [-0.2, -0.15) is 5.06 Å². The lowest BCUT2D eigenvalue weighted by molar-refractivity contribution is -0.129. The fraction of sp³-hybridized carbons (Fsp3) is 0.714. The number of primary amides is 1. The molecule has 3 amide bonds. The minimum atomic E-state index is -0.864. The van der Waals surface area contributed by atoms with Crippen molar-refractivity contribution < 1.29 is 19.5 Å². The lowest BCUT2D eigenvalue weighted by atomic mass is 10.3. The van der Waals surface area contributed by atoms with E-state index in [1.54, 1.807) is 0 Å². The van der Waals surface area contributed by atoms with E-state index in [0.29, 0.717) is 13.1 Å². The normalized spacial score (nSPS) is 22.2. The topological polar surface area (TPSA) is 105 Å². The predicted molar refractivity (Wildman–Crippen MR) is 45.9 cm³/mol. The minimum absolute atomic E-state index is 0.107. The van der Waals surface area contributed by atoms with Crippen molar-refractivity contribution in [2.24, 2.45) is 5.73 Å². The van der Waals surface area contributed by atoms with E-state index in [0.717, 1.165) is 0 Å². The van der Waals surface area contributed by atoms with Gasteiger partial charge in [-0.15, -0.1) is 0 Å². The predicted octanol–water partition coefficient (Wildman–Crippen LogP) is -1.82. The highest BCUT2D eigenvalue weighted by Gasteiger charge is 2.21. The maximum absolute atomic E-state index is 10.9. The molecule has 1 heterocycles. The number of imide groups is 1. The number of amides is 3. The van der Waals surface area contributed by atoms with Crippen molar-refractivity contribution in [2.75, 3.05) is 19.7 Å². The molecule has 14 heavy (non-hydrogen) atoms. The molecule has 1 fully saturated rings. The van der Waals surface area contributed by atoms with E-state index in [9.17, 15) is 9.59 Å². The summed E-state index contributed by atoms with van der Waals surface area (Å²) in [5.74, 6) is -0.456. The molecule has 7 nitrogen and oxygen atoms in total. The van der Waals surface area contributed by atoms with Crippen LogP contribution in [0.2, 0.25) is 0 Å². The molecule has 1 rings (SSSR count). The summed E-state index contributed by atoms with van der Waals surface area (Å²) in [6.45, 7) is 0.956. The second kappa shape index (κ2) is 4.89. The summed E-state index contributed by atoms with van der Waals surface area (Å²) in [5, 5.41) is 12.5. The Morgan fingerprint density at radius 1 is 1.64 bits per heavy atom. The molecular formula is C7H13N3O4. The van der Waals surface area contributed by atoms with Gasteiger partial charge in [0.1, 0.15) is 0 Å². The molecule has 4 N–H and O–H groups in total. The number of urea groups is 1. The lowest BCUT2D eigenvalue weighted by Crippen LogP contribution is -2.36. The zero-order valence-electron chi connectivity index (χ0n) is 7.60. The Morgan fingerprint density at radius 3 is 2.86 bits per heavy atom. The van der Waals surface area contributed by atoms with Gasteiger partial charge < -0.3 is 10.8 Å². The van der Waals surface area contributed by atoms with Crippen LogP contribution in [0.15, 0.2) is 0 Å². The van der Waals surface area contributed by atoms with Crippen molar-refractivity contribution in [3.8, 4) is 0 Å². The molecule has 0 unspecified atom stereocenters. The highest BCUT2D eigenvalue weighted by atomic mass is 16.7. The first-order chi connectivity index (χ1) is 6.58. The van der Waals surface area contributed by atoms with E-state index in [2.05, 4.69) is 0 Å². The highest BCUT2D eigenvalue weighted by Crippen LogP contribution is 2.05. The minimum Gasteiger partial charge on any atom is -0.389 e. The molecule has 0 aromatic rings. The molecule has 7 heteroatoms. The fourth-order valence-corrected chi connectivity index (χ4v) is 1.11. The highest BCUT2D eigenvalue weighted by molar-refractivity contribution is 5.93. The molecule has 0 spiro atoms. The van der Waals surface area contributed by atoms with Crippen LogP contribution in [0.1, 0.15) is 6.42 Å². The van der Waals surface area contributed by atoms with E-state index < -0.39 is 18.0 Å². The van der Waals surface area contributed by atoms with Gasteiger partial charge in [0.2, 0.25) is 5.91 Å². The molecule has 1 saturated heterocycles. The van der Waals surface area contributed by atoms with Crippen LogP contribution < -0.4 is 11.1 Å². The zero-order chi connectivity index (χ0) is 10.6. The third-order valence-electron chi connectivity index (χ3n) is 1.71. The smallest absolute Gasteiger partial charge is 0.318 e. The van der Waals surface area contributed by atoms with Gasteiger partial charge in [0, 0.05) is 13.0 Å². The standard InChI is InChI=1S/C7H13N3O4/c8-7(13)9-6(12)1-2-10-3-5(11)4-14-10/h5,11H,1-4H2,(H3,8,9,12,13)/t5-/m1/s1. The summed E-state index contributed by atoms with van der Waals surface area (Å²) < 4.78 is 0. The average molecular weight is 203 g/mol. The Balaban J connectivity index is 2.14. The molecule has 1 atom stereocenters. The molecule has 80 valence electrons. The first kappa shape index (κ1) is 10.9. The van der Waals surface area contributed by atoms with Gasteiger partial charge in [0.15, 0.2) is 0 Å². The van der Waals surface area contributed by atoms with Crippen LogP contribution in [-0.2, 0) is 9.63 Å². The van der Waals surface area contributed by atoms with Crippen LogP contribution >= 0.6 is 0 Å². The average Bonchev–Trinajstić information content (AvgIpc) is 2.47. The number of carbonyl (C=O) groups is 2. The summed E-state index contributed by atoms with van der Waals surface area (Å²) in [4.78, 5) is 26.2.